The largest absolute Gasteiger partial charge is 0.508 e. The van der Waals surface area contributed by atoms with E-state index >= 15 is 0 Å². The maximum absolute atomic E-state index is 9.60. The molecule has 0 saturated carbocycles. The molecule has 0 bridgehead atoms. The molecule has 0 aromatic rings. The van der Waals surface area contributed by atoms with Gasteiger partial charge in [0, 0.05) is 12.0 Å². The van der Waals surface area contributed by atoms with Crippen LogP contribution < -0.4 is 5.32 Å². The van der Waals surface area contributed by atoms with Crippen molar-refractivity contribution in [3.63, 3.8) is 0 Å². The highest BCUT2D eigenvalue weighted by Crippen LogP contribution is 2.35. The van der Waals surface area contributed by atoms with Gasteiger partial charge in [-0.1, -0.05) is 26.5 Å². The molecule has 0 unspecified atom stereocenters. The molecule has 0 amide bonds. The first-order chi connectivity index (χ1) is 7.60. The zero-order valence-corrected chi connectivity index (χ0v) is 11.0. The van der Waals surface area contributed by atoms with E-state index in [0.29, 0.717) is 5.76 Å². The molecule has 16 heavy (non-hydrogen) atoms. The van der Waals surface area contributed by atoms with Gasteiger partial charge in [-0.3, -0.25) is 0 Å². The van der Waals surface area contributed by atoms with Gasteiger partial charge in [0.1, 0.15) is 5.76 Å². The molecular weight excluding hydrogens is 198 g/mol. The Morgan fingerprint density at radius 3 is 2.25 bits per heavy atom. The summed E-state index contributed by atoms with van der Waals surface area (Å²) in [6, 6.07) is 0. The molecule has 0 rings (SSSR count). The number of nitrogens with one attached hydrogen (secondary N) is 1. The Bertz CT molecular complexity index is 272. The number of rotatable bonds is 7. The Morgan fingerprint density at radius 1 is 1.38 bits per heavy atom. The molecule has 0 saturated heterocycles. The average molecular weight is 223 g/mol. The van der Waals surface area contributed by atoms with Crippen LogP contribution in [0.25, 0.3) is 0 Å². The van der Waals surface area contributed by atoms with E-state index in [0.717, 1.165) is 25.0 Å². The van der Waals surface area contributed by atoms with Gasteiger partial charge >= 0.3 is 0 Å². The Labute approximate surface area is 99.8 Å². The molecule has 2 heteroatoms. The molecule has 0 radical (unpaired) electrons. The van der Waals surface area contributed by atoms with Crippen LogP contribution in [0.15, 0.2) is 36.1 Å². The number of hydrogen-bond acceptors (Lipinski definition) is 2. The molecule has 0 atom stereocenters. The van der Waals surface area contributed by atoms with Crippen molar-refractivity contribution in [2.45, 2.75) is 33.6 Å². The van der Waals surface area contributed by atoms with Crippen molar-refractivity contribution in [3.8, 4) is 0 Å². The van der Waals surface area contributed by atoms with Crippen LogP contribution in [-0.4, -0.2) is 18.7 Å². The Hall–Kier alpha value is -1.02. The Kier molecular flexibility index (Phi) is 6.82. The van der Waals surface area contributed by atoms with E-state index in [1.807, 2.05) is 26.1 Å². The summed E-state index contributed by atoms with van der Waals surface area (Å²) in [7, 11) is 1.95. The number of hydrogen-bond donors (Lipinski definition) is 2. The van der Waals surface area contributed by atoms with E-state index in [9.17, 15) is 5.11 Å². The van der Waals surface area contributed by atoms with E-state index < -0.39 is 0 Å². The van der Waals surface area contributed by atoms with Crippen LogP contribution in [0.2, 0.25) is 0 Å². The first kappa shape index (κ1) is 15.0. The lowest BCUT2D eigenvalue weighted by molar-refractivity contribution is 0.321. The normalized spacial score (nSPS) is 14.0. The van der Waals surface area contributed by atoms with E-state index in [4.69, 9.17) is 0 Å². The van der Waals surface area contributed by atoms with Gasteiger partial charge in [-0.05, 0) is 44.5 Å². The van der Waals surface area contributed by atoms with Crippen molar-refractivity contribution in [2.75, 3.05) is 13.6 Å². The predicted octanol–water partition coefficient (Wildman–Crippen LogP) is 3.59. The Morgan fingerprint density at radius 2 is 1.94 bits per heavy atom. The number of aliphatic hydroxyl groups is 1. The van der Waals surface area contributed by atoms with Crippen LogP contribution in [0.5, 0.6) is 0 Å². The molecule has 0 aliphatic heterocycles. The highest BCUT2D eigenvalue weighted by molar-refractivity contribution is 5.31. The van der Waals surface area contributed by atoms with Crippen molar-refractivity contribution < 1.29 is 5.11 Å². The third-order valence-electron chi connectivity index (χ3n) is 3.30. The second-order valence-electron chi connectivity index (χ2n) is 4.04. The third kappa shape index (κ3) is 3.53. The van der Waals surface area contributed by atoms with Crippen LogP contribution >= 0.6 is 0 Å². The number of aliphatic hydroxyl groups excluding tert-OH is 1. The monoisotopic (exact) mass is 223 g/mol. The summed E-state index contributed by atoms with van der Waals surface area (Å²) in [4.78, 5) is 0. The van der Waals surface area contributed by atoms with Gasteiger partial charge in [0.25, 0.3) is 0 Å². The first-order valence-electron chi connectivity index (χ1n) is 5.94. The highest BCUT2D eigenvalue weighted by atomic mass is 16.3. The third-order valence-corrected chi connectivity index (χ3v) is 3.30. The molecule has 0 fully saturated rings. The molecule has 2 nitrogen and oxygen atoms in total. The minimum absolute atomic E-state index is 0.0630. The lowest BCUT2D eigenvalue weighted by Gasteiger charge is -2.33. The fourth-order valence-corrected chi connectivity index (χ4v) is 2.02. The van der Waals surface area contributed by atoms with Crippen LogP contribution in [0.4, 0.5) is 0 Å². The first-order valence-corrected chi connectivity index (χ1v) is 5.94. The van der Waals surface area contributed by atoms with Gasteiger partial charge in [-0.2, -0.15) is 0 Å². The van der Waals surface area contributed by atoms with Gasteiger partial charge in [-0.25, -0.2) is 0 Å². The summed E-state index contributed by atoms with van der Waals surface area (Å²) < 4.78 is 0. The van der Waals surface area contributed by atoms with E-state index in [1.165, 1.54) is 0 Å². The summed E-state index contributed by atoms with van der Waals surface area (Å²) in [5, 5.41) is 12.8. The molecule has 0 aromatic heterocycles. The van der Waals surface area contributed by atoms with Crippen molar-refractivity contribution in [1.29, 1.82) is 0 Å². The minimum Gasteiger partial charge on any atom is -0.508 e. The zero-order chi connectivity index (χ0) is 12.6. The topological polar surface area (TPSA) is 32.3 Å². The van der Waals surface area contributed by atoms with E-state index in [-0.39, 0.29) is 5.41 Å². The Balaban J connectivity index is 5.28. The van der Waals surface area contributed by atoms with Crippen molar-refractivity contribution >= 4 is 0 Å². The fourth-order valence-electron chi connectivity index (χ4n) is 2.02. The molecule has 0 aliphatic rings. The SMILES string of the molecule is C=C/C(=C\C(O)=C/C)C(CC)(CC)CNC. The minimum atomic E-state index is 0.0630. The second kappa shape index (κ2) is 7.29. The molecule has 0 aromatic carbocycles. The summed E-state index contributed by atoms with van der Waals surface area (Å²) in [6.45, 7) is 10.9. The van der Waals surface area contributed by atoms with Crippen LogP contribution in [0, 0.1) is 5.41 Å². The van der Waals surface area contributed by atoms with Gasteiger partial charge in [0.05, 0.1) is 0 Å². The summed E-state index contributed by atoms with van der Waals surface area (Å²) in [6.07, 6.45) is 7.42. The van der Waals surface area contributed by atoms with Crippen molar-refractivity contribution in [3.05, 3.63) is 36.1 Å². The molecular formula is C14H25NO. The second-order valence-corrected chi connectivity index (χ2v) is 4.04. The van der Waals surface area contributed by atoms with Gasteiger partial charge in [0.15, 0.2) is 0 Å². The standard InChI is InChI=1S/C14H25NO/c1-6-12(10-13(16)7-2)14(8-3,9-4)11-15-5/h6-7,10,15-16H,1,8-9,11H2,2-5H3/b12-10+,13-7+. The molecule has 0 aliphatic carbocycles. The quantitative estimate of drug-likeness (QED) is 0.510. The van der Waals surface area contributed by atoms with Crippen molar-refractivity contribution in [2.24, 2.45) is 5.41 Å². The van der Waals surface area contributed by atoms with E-state index in [2.05, 4.69) is 25.7 Å². The van der Waals surface area contributed by atoms with Crippen LogP contribution in [0.3, 0.4) is 0 Å². The van der Waals surface area contributed by atoms with Crippen LogP contribution in [-0.2, 0) is 0 Å². The predicted molar refractivity (Wildman–Crippen MR) is 71.6 cm³/mol. The summed E-state index contributed by atoms with van der Waals surface area (Å²) in [5.74, 6) is 0.303. The number of allylic oxidation sites excluding steroid dienone is 3. The van der Waals surface area contributed by atoms with Crippen LogP contribution in [0.1, 0.15) is 33.6 Å². The van der Waals surface area contributed by atoms with Gasteiger partial charge in [0.2, 0.25) is 0 Å². The molecule has 2 N–H and O–H groups in total. The lowest BCUT2D eigenvalue weighted by Crippen LogP contribution is -2.33. The van der Waals surface area contributed by atoms with Gasteiger partial charge < -0.3 is 10.4 Å². The average Bonchev–Trinajstić information content (AvgIpc) is 2.33. The van der Waals surface area contributed by atoms with Gasteiger partial charge in [-0.15, -0.1) is 0 Å². The fraction of sp³-hybridized carbons (Fsp3) is 0.571. The van der Waals surface area contributed by atoms with Crippen molar-refractivity contribution in [1.82, 2.24) is 5.32 Å². The lowest BCUT2D eigenvalue weighted by atomic mass is 9.75. The highest BCUT2D eigenvalue weighted by Gasteiger charge is 2.28. The summed E-state index contributed by atoms with van der Waals surface area (Å²) in [5.41, 5.74) is 1.16. The summed E-state index contributed by atoms with van der Waals surface area (Å²) >= 11 is 0. The smallest absolute Gasteiger partial charge is 0.111 e. The molecule has 92 valence electrons. The van der Waals surface area contributed by atoms with E-state index in [1.54, 1.807) is 6.08 Å². The molecule has 0 spiro atoms. The zero-order valence-electron chi connectivity index (χ0n) is 11.0. The maximum atomic E-state index is 9.60. The maximum Gasteiger partial charge on any atom is 0.111 e. The molecule has 0 heterocycles.